The molecule has 1 nitrogen and oxygen atoms in total. The van der Waals surface area contributed by atoms with Crippen molar-refractivity contribution in [3.05, 3.63) is 119 Å². The molecule has 1 heteroatoms. The third-order valence-electron chi connectivity index (χ3n) is 3.67. The Kier molecular flexibility index (Phi) is 5.12. The molecular formula is C23H18O. The number of benzene rings is 3. The quantitative estimate of drug-likeness (QED) is 0.453. The molecule has 0 fully saturated rings. The van der Waals surface area contributed by atoms with E-state index < -0.39 is 0 Å². The van der Waals surface area contributed by atoms with E-state index in [2.05, 4.69) is 35.7 Å². The van der Waals surface area contributed by atoms with Crippen LogP contribution in [0, 0.1) is 0 Å². The molecule has 0 unspecified atom stereocenters. The van der Waals surface area contributed by atoms with Gasteiger partial charge in [-0.3, -0.25) is 0 Å². The summed E-state index contributed by atoms with van der Waals surface area (Å²) >= 11 is 0. The van der Waals surface area contributed by atoms with Crippen LogP contribution in [0.3, 0.4) is 0 Å². The van der Waals surface area contributed by atoms with Crippen molar-refractivity contribution in [2.75, 3.05) is 7.11 Å². The van der Waals surface area contributed by atoms with Gasteiger partial charge in [0.05, 0.1) is 7.11 Å². The minimum absolute atomic E-state index is 0.667. The molecule has 0 heterocycles. The van der Waals surface area contributed by atoms with Crippen LogP contribution in [0.5, 0.6) is 0 Å². The predicted molar refractivity (Wildman–Crippen MR) is 99.3 cm³/mol. The van der Waals surface area contributed by atoms with Crippen molar-refractivity contribution in [3.63, 3.8) is 0 Å². The Balaban J connectivity index is 2.21. The lowest BCUT2D eigenvalue weighted by atomic mass is 9.99. The van der Waals surface area contributed by atoms with E-state index in [0.717, 1.165) is 22.3 Å². The molecule has 24 heavy (non-hydrogen) atoms. The summed E-state index contributed by atoms with van der Waals surface area (Å²) < 4.78 is 5.49. The summed E-state index contributed by atoms with van der Waals surface area (Å²) in [5.41, 5.74) is 10.7. The first kappa shape index (κ1) is 15.6. The molecule has 3 aromatic rings. The highest BCUT2D eigenvalue weighted by atomic mass is 16.5. The van der Waals surface area contributed by atoms with Crippen LogP contribution in [0.15, 0.2) is 102 Å². The Labute approximate surface area is 142 Å². The minimum Gasteiger partial charge on any atom is -0.488 e. The van der Waals surface area contributed by atoms with Gasteiger partial charge in [-0.25, -0.2) is 0 Å². The van der Waals surface area contributed by atoms with Crippen molar-refractivity contribution in [1.29, 1.82) is 0 Å². The van der Waals surface area contributed by atoms with Crippen molar-refractivity contribution in [2.24, 2.45) is 0 Å². The van der Waals surface area contributed by atoms with Crippen LogP contribution in [-0.4, -0.2) is 7.11 Å². The molecule has 0 aliphatic rings. The van der Waals surface area contributed by atoms with Crippen LogP contribution >= 0.6 is 0 Å². The molecule has 0 N–H and O–H groups in total. The fraction of sp³-hybridized carbons (Fsp3) is 0.0435. The Morgan fingerprint density at radius 2 is 1.00 bits per heavy atom. The summed E-state index contributed by atoms with van der Waals surface area (Å²) in [5.74, 6) is 0.667. The van der Waals surface area contributed by atoms with E-state index in [9.17, 15) is 0 Å². The highest BCUT2D eigenvalue weighted by molar-refractivity contribution is 5.79. The van der Waals surface area contributed by atoms with Crippen molar-refractivity contribution >= 4 is 11.3 Å². The lowest BCUT2D eigenvalue weighted by Crippen LogP contribution is -1.86. The average Bonchev–Trinajstić information content (AvgIpc) is 2.67. The third-order valence-corrected chi connectivity index (χ3v) is 3.67. The fourth-order valence-corrected chi connectivity index (χ4v) is 2.47. The van der Waals surface area contributed by atoms with Crippen molar-refractivity contribution in [1.82, 2.24) is 0 Å². The molecule has 116 valence electrons. The number of ether oxygens (including phenoxy) is 1. The molecule has 0 saturated heterocycles. The zero-order chi connectivity index (χ0) is 16.6. The maximum absolute atomic E-state index is 5.49. The maximum atomic E-state index is 5.49. The van der Waals surface area contributed by atoms with Crippen LogP contribution in [0.2, 0.25) is 0 Å². The van der Waals surface area contributed by atoms with Crippen molar-refractivity contribution in [3.8, 4) is 0 Å². The highest BCUT2D eigenvalue weighted by Gasteiger charge is 2.03. The molecule has 0 amide bonds. The van der Waals surface area contributed by atoms with Gasteiger partial charge in [-0.15, -0.1) is 0 Å². The zero-order valence-corrected chi connectivity index (χ0v) is 13.6. The van der Waals surface area contributed by atoms with Gasteiger partial charge in [0.1, 0.15) is 0 Å². The molecule has 0 aliphatic heterocycles. The van der Waals surface area contributed by atoms with Gasteiger partial charge in [-0.05, 0) is 16.9 Å². The lowest BCUT2D eigenvalue weighted by Gasteiger charge is -2.05. The topological polar surface area (TPSA) is 9.23 Å². The number of rotatable bonds is 4. The summed E-state index contributed by atoms with van der Waals surface area (Å²) in [5, 5.41) is 0. The molecule has 0 aromatic heterocycles. The van der Waals surface area contributed by atoms with Gasteiger partial charge in [-0.1, -0.05) is 96.7 Å². The predicted octanol–water partition coefficient (Wildman–Crippen LogP) is 5.56. The number of methoxy groups -OCH3 is 1. The van der Waals surface area contributed by atoms with E-state index in [4.69, 9.17) is 4.74 Å². The van der Waals surface area contributed by atoms with Crippen LogP contribution in [0.25, 0.3) is 11.3 Å². The monoisotopic (exact) mass is 310 g/mol. The molecule has 0 spiro atoms. The van der Waals surface area contributed by atoms with E-state index in [1.165, 1.54) is 0 Å². The summed E-state index contributed by atoms with van der Waals surface area (Å²) in [6.07, 6.45) is 0. The first-order chi connectivity index (χ1) is 11.9. The molecule has 0 bridgehead atoms. The second kappa shape index (κ2) is 7.85. The average molecular weight is 310 g/mol. The molecule has 3 aromatic carbocycles. The minimum atomic E-state index is 0.667. The fourth-order valence-electron chi connectivity index (χ4n) is 2.47. The summed E-state index contributed by atoms with van der Waals surface area (Å²) in [6.45, 7) is 0. The Hall–Kier alpha value is -3.24. The highest BCUT2D eigenvalue weighted by Crippen LogP contribution is 2.22. The van der Waals surface area contributed by atoms with Crippen molar-refractivity contribution in [2.45, 2.75) is 0 Å². The molecule has 0 saturated carbocycles. The molecular weight excluding hydrogens is 292 g/mol. The zero-order valence-electron chi connectivity index (χ0n) is 13.6. The van der Waals surface area contributed by atoms with Crippen LogP contribution in [0.4, 0.5) is 0 Å². The first-order valence-corrected chi connectivity index (χ1v) is 7.84. The van der Waals surface area contributed by atoms with Crippen LogP contribution in [0.1, 0.15) is 16.7 Å². The van der Waals surface area contributed by atoms with Gasteiger partial charge in [0.25, 0.3) is 0 Å². The van der Waals surface area contributed by atoms with E-state index in [-0.39, 0.29) is 0 Å². The smallest absolute Gasteiger partial charge is 0.177 e. The SMILES string of the molecule is COC(=C=C=C(c1ccccc1)c1ccccc1)c1ccccc1. The molecule has 0 radical (unpaired) electrons. The molecule has 3 rings (SSSR count). The van der Waals surface area contributed by atoms with Crippen LogP contribution < -0.4 is 0 Å². The van der Waals surface area contributed by atoms with Gasteiger partial charge in [0, 0.05) is 11.1 Å². The van der Waals surface area contributed by atoms with E-state index in [1.807, 2.05) is 66.7 Å². The Bertz CT molecular complexity index is 839. The normalized spacial score (nSPS) is 9.54. The number of hydrogen-bond acceptors (Lipinski definition) is 1. The second-order valence-electron chi connectivity index (χ2n) is 5.26. The molecule has 0 atom stereocenters. The number of hydrogen-bond donors (Lipinski definition) is 0. The Morgan fingerprint density at radius 1 is 0.583 bits per heavy atom. The van der Waals surface area contributed by atoms with E-state index in [1.54, 1.807) is 7.11 Å². The first-order valence-electron chi connectivity index (χ1n) is 7.84. The Morgan fingerprint density at radius 3 is 1.42 bits per heavy atom. The maximum Gasteiger partial charge on any atom is 0.177 e. The summed E-state index contributed by atoms with van der Waals surface area (Å²) in [7, 11) is 1.65. The summed E-state index contributed by atoms with van der Waals surface area (Å²) in [4.78, 5) is 0. The van der Waals surface area contributed by atoms with Crippen LogP contribution in [-0.2, 0) is 4.74 Å². The van der Waals surface area contributed by atoms with Gasteiger partial charge < -0.3 is 4.74 Å². The molecule has 0 aliphatic carbocycles. The lowest BCUT2D eigenvalue weighted by molar-refractivity contribution is 0.371. The third kappa shape index (κ3) is 3.74. The van der Waals surface area contributed by atoms with E-state index >= 15 is 0 Å². The van der Waals surface area contributed by atoms with Gasteiger partial charge in [0.2, 0.25) is 0 Å². The summed E-state index contributed by atoms with van der Waals surface area (Å²) in [6, 6.07) is 30.4. The van der Waals surface area contributed by atoms with Gasteiger partial charge in [0.15, 0.2) is 5.76 Å². The second-order valence-corrected chi connectivity index (χ2v) is 5.26. The van der Waals surface area contributed by atoms with Gasteiger partial charge >= 0.3 is 0 Å². The standard InChI is InChI=1S/C23H18O/c1-24-23(21-15-9-4-10-16-21)18-17-22(19-11-5-2-6-12-19)20-13-7-3-8-14-20/h2-16H,1H3. The van der Waals surface area contributed by atoms with Crippen molar-refractivity contribution < 1.29 is 4.74 Å². The largest absolute Gasteiger partial charge is 0.488 e. The van der Waals surface area contributed by atoms with E-state index in [0.29, 0.717) is 5.76 Å². The van der Waals surface area contributed by atoms with Gasteiger partial charge in [-0.2, -0.15) is 0 Å².